The van der Waals surface area contributed by atoms with E-state index in [9.17, 15) is 5.11 Å². The molecule has 154 valence electrons. The van der Waals surface area contributed by atoms with Gasteiger partial charge in [-0.2, -0.15) is 0 Å². The van der Waals surface area contributed by atoms with Crippen molar-refractivity contribution < 1.29 is 14.6 Å². The quantitative estimate of drug-likeness (QED) is 0.634. The molecule has 1 aliphatic heterocycles. The Hall–Kier alpha value is -3.31. The number of para-hydroxylation sites is 1. The molecule has 3 aromatic carbocycles. The first-order valence-electron chi connectivity index (χ1n) is 9.98. The summed E-state index contributed by atoms with van der Waals surface area (Å²) in [6.07, 6.45) is 0.327. The van der Waals surface area contributed by atoms with E-state index in [0.29, 0.717) is 6.42 Å². The van der Waals surface area contributed by atoms with Gasteiger partial charge < -0.3 is 14.6 Å². The second kappa shape index (κ2) is 8.59. The molecule has 0 radical (unpaired) electrons. The predicted molar refractivity (Wildman–Crippen MR) is 119 cm³/mol. The van der Waals surface area contributed by atoms with Crippen LogP contribution in [0.2, 0.25) is 0 Å². The van der Waals surface area contributed by atoms with Crippen molar-refractivity contribution in [2.45, 2.75) is 25.6 Å². The van der Waals surface area contributed by atoms with Crippen LogP contribution < -0.4 is 14.8 Å². The van der Waals surface area contributed by atoms with Crippen LogP contribution in [-0.2, 0) is 0 Å². The Kier molecular flexibility index (Phi) is 5.72. The molecule has 4 rings (SSSR count). The topological polar surface area (TPSA) is 63.1 Å². The summed E-state index contributed by atoms with van der Waals surface area (Å²) in [6, 6.07) is 21.4. The van der Waals surface area contributed by atoms with Gasteiger partial charge in [0, 0.05) is 29.3 Å². The minimum Gasteiger partial charge on any atom is -0.508 e. The molecule has 0 saturated heterocycles. The molecule has 5 heteroatoms. The zero-order valence-electron chi connectivity index (χ0n) is 17.4. The van der Waals surface area contributed by atoms with E-state index in [4.69, 9.17) is 14.5 Å². The third-order valence-electron chi connectivity index (χ3n) is 5.47. The molecule has 0 saturated carbocycles. The number of ether oxygens (including phenoxy) is 2. The van der Waals surface area contributed by atoms with Crippen LogP contribution in [0.4, 0.5) is 0 Å². The van der Waals surface area contributed by atoms with Crippen molar-refractivity contribution >= 4 is 5.71 Å². The summed E-state index contributed by atoms with van der Waals surface area (Å²) in [4.78, 5) is 5.03. The predicted octanol–water partition coefficient (Wildman–Crippen LogP) is 4.94. The van der Waals surface area contributed by atoms with Gasteiger partial charge in [0.25, 0.3) is 0 Å². The van der Waals surface area contributed by atoms with Gasteiger partial charge in [0.15, 0.2) is 0 Å². The van der Waals surface area contributed by atoms with Crippen LogP contribution in [0.25, 0.3) is 0 Å². The van der Waals surface area contributed by atoms with Gasteiger partial charge in [-0.15, -0.1) is 0 Å². The summed E-state index contributed by atoms with van der Waals surface area (Å²) < 4.78 is 11.0. The first-order chi connectivity index (χ1) is 14.6. The lowest BCUT2D eigenvalue weighted by Gasteiger charge is -2.31. The van der Waals surface area contributed by atoms with Crippen LogP contribution in [0, 0.1) is 6.92 Å². The van der Waals surface area contributed by atoms with Crippen molar-refractivity contribution in [3.8, 4) is 17.2 Å². The highest BCUT2D eigenvalue weighted by atomic mass is 16.5. The molecule has 0 aromatic heterocycles. The number of hydrogen-bond donors (Lipinski definition) is 2. The first kappa shape index (κ1) is 20.0. The van der Waals surface area contributed by atoms with Gasteiger partial charge >= 0.3 is 0 Å². The zero-order chi connectivity index (χ0) is 21.1. The van der Waals surface area contributed by atoms with E-state index in [-0.39, 0.29) is 18.0 Å². The Morgan fingerprint density at radius 3 is 2.40 bits per heavy atom. The number of rotatable bonds is 5. The lowest BCUT2D eigenvalue weighted by Crippen LogP contribution is -2.33. The highest BCUT2D eigenvalue weighted by Crippen LogP contribution is 2.38. The monoisotopic (exact) mass is 402 g/mol. The number of nitrogens with one attached hydrogen (secondary N) is 1. The maximum Gasteiger partial charge on any atom is 0.130 e. The van der Waals surface area contributed by atoms with Gasteiger partial charge in [-0.05, 0) is 36.8 Å². The Morgan fingerprint density at radius 1 is 0.933 bits per heavy atom. The fourth-order valence-corrected chi connectivity index (χ4v) is 3.82. The summed E-state index contributed by atoms with van der Waals surface area (Å²) in [5.74, 6) is 1.75. The Balaban J connectivity index is 1.81. The summed E-state index contributed by atoms with van der Waals surface area (Å²) in [5.41, 5.74) is 5.01. The third-order valence-corrected chi connectivity index (χ3v) is 5.47. The van der Waals surface area contributed by atoms with E-state index in [1.54, 1.807) is 20.3 Å². The number of nitrogens with zero attached hydrogens (tertiary/aromatic N) is 1. The summed E-state index contributed by atoms with van der Waals surface area (Å²) in [5, 5.41) is 14.1. The fourth-order valence-electron chi connectivity index (χ4n) is 3.82. The molecule has 0 bridgehead atoms. The van der Waals surface area contributed by atoms with Crippen molar-refractivity contribution in [2.24, 2.45) is 4.99 Å². The number of benzene rings is 3. The van der Waals surface area contributed by atoms with Gasteiger partial charge in [0.1, 0.15) is 23.4 Å². The number of hydrogen-bond acceptors (Lipinski definition) is 5. The SMILES string of the molecule is COc1ccc(OC)c([C@@H]2N=C(c3ccc(C)cc3)C[C@H](c3ccccc3O)N2)c1. The van der Waals surface area contributed by atoms with Crippen molar-refractivity contribution in [3.05, 3.63) is 89.0 Å². The van der Waals surface area contributed by atoms with Crippen molar-refractivity contribution in [2.75, 3.05) is 14.2 Å². The summed E-state index contributed by atoms with van der Waals surface area (Å²) >= 11 is 0. The number of aliphatic imine (C=N–C) groups is 1. The van der Waals surface area contributed by atoms with Gasteiger partial charge in [-0.1, -0.05) is 48.0 Å². The number of aryl methyl sites for hydroxylation is 1. The fraction of sp³-hybridized carbons (Fsp3) is 0.240. The molecule has 0 spiro atoms. The maximum absolute atomic E-state index is 10.5. The molecule has 2 N–H and O–H groups in total. The van der Waals surface area contributed by atoms with Gasteiger partial charge in [-0.3, -0.25) is 10.3 Å². The van der Waals surface area contributed by atoms with Crippen LogP contribution in [0.1, 0.15) is 40.9 Å². The smallest absolute Gasteiger partial charge is 0.130 e. The highest BCUT2D eigenvalue weighted by Gasteiger charge is 2.29. The minimum atomic E-state index is -0.343. The number of phenols is 1. The Labute approximate surface area is 177 Å². The standard InChI is InChI=1S/C25H26N2O3/c1-16-8-10-17(11-9-16)21-15-22(19-6-4-5-7-23(19)28)27-25(26-21)20-14-18(29-2)12-13-24(20)30-3/h4-14,22,25,27-28H,15H2,1-3H3/t22-,25-/m1/s1. The first-order valence-corrected chi connectivity index (χ1v) is 9.98. The third kappa shape index (κ3) is 4.02. The van der Waals surface area contributed by atoms with E-state index in [0.717, 1.165) is 33.9 Å². The Morgan fingerprint density at radius 2 is 1.70 bits per heavy atom. The normalized spacial score (nSPS) is 18.6. The molecule has 1 aliphatic rings. The van der Waals surface area contributed by atoms with Crippen molar-refractivity contribution in [1.82, 2.24) is 5.32 Å². The van der Waals surface area contributed by atoms with Crippen LogP contribution in [-0.4, -0.2) is 25.0 Å². The van der Waals surface area contributed by atoms with E-state index >= 15 is 0 Å². The van der Waals surface area contributed by atoms with Gasteiger partial charge in [0.05, 0.1) is 14.2 Å². The zero-order valence-corrected chi connectivity index (χ0v) is 17.4. The van der Waals surface area contributed by atoms with Crippen molar-refractivity contribution in [3.63, 3.8) is 0 Å². The number of aromatic hydroxyl groups is 1. The molecule has 30 heavy (non-hydrogen) atoms. The molecule has 2 atom stereocenters. The van der Waals surface area contributed by atoms with E-state index in [2.05, 4.69) is 36.5 Å². The molecular weight excluding hydrogens is 376 g/mol. The van der Waals surface area contributed by atoms with E-state index in [1.807, 2.05) is 36.4 Å². The molecular formula is C25H26N2O3. The Bertz CT molecular complexity index is 1060. The average Bonchev–Trinajstić information content (AvgIpc) is 2.79. The van der Waals surface area contributed by atoms with Crippen LogP contribution in [0.5, 0.6) is 17.2 Å². The molecule has 0 amide bonds. The van der Waals surface area contributed by atoms with Crippen LogP contribution in [0.15, 0.2) is 71.7 Å². The lowest BCUT2D eigenvalue weighted by molar-refractivity contribution is 0.374. The second-order valence-electron chi connectivity index (χ2n) is 7.43. The molecule has 1 heterocycles. The second-order valence-corrected chi connectivity index (χ2v) is 7.43. The number of methoxy groups -OCH3 is 2. The van der Waals surface area contributed by atoms with Crippen LogP contribution in [0.3, 0.4) is 0 Å². The van der Waals surface area contributed by atoms with Gasteiger partial charge in [-0.25, -0.2) is 0 Å². The average molecular weight is 402 g/mol. The summed E-state index contributed by atoms with van der Waals surface area (Å²) in [6.45, 7) is 2.07. The number of phenolic OH excluding ortho intramolecular Hbond substituents is 1. The molecule has 5 nitrogen and oxygen atoms in total. The van der Waals surface area contributed by atoms with Crippen LogP contribution >= 0.6 is 0 Å². The molecule has 3 aromatic rings. The lowest BCUT2D eigenvalue weighted by atomic mass is 9.93. The van der Waals surface area contributed by atoms with Crippen molar-refractivity contribution in [1.29, 1.82) is 0 Å². The van der Waals surface area contributed by atoms with Gasteiger partial charge in [0.2, 0.25) is 0 Å². The van der Waals surface area contributed by atoms with E-state index in [1.165, 1.54) is 5.56 Å². The largest absolute Gasteiger partial charge is 0.508 e. The van der Waals surface area contributed by atoms with E-state index < -0.39 is 0 Å². The highest BCUT2D eigenvalue weighted by molar-refractivity contribution is 6.01. The summed E-state index contributed by atoms with van der Waals surface area (Å²) in [7, 11) is 3.30. The maximum atomic E-state index is 10.5. The minimum absolute atomic E-state index is 0.0964. The molecule has 0 unspecified atom stereocenters. The molecule has 0 fully saturated rings. The molecule has 0 aliphatic carbocycles.